The third-order valence-corrected chi connectivity index (χ3v) is 6.02. The summed E-state index contributed by atoms with van der Waals surface area (Å²) in [5, 5.41) is 2.78. The van der Waals surface area contributed by atoms with Crippen molar-refractivity contribution in [2.24, 2.45) is 0 Å². The molecule has 0 aliphatic carbocycles. The number of likely N-dealkylation sites (N-methyl/N-ethyl adjacent to an activating group) is 1. The number of benzene rings is 1. The smallest absolute Gasteiger partial charge is 0.316 e. The van der Waals surface area contributed by atoms with E-state index in [1.807, 2.05) is 0 Å². The lowest BCUT2D eigenvalue weighted by molar-refractivity contribution is -0.137. The molecule has 1 fully saturated rings. The zero-order chi connectivity index (χ0) is 16.5. The van der Waals surface area contributed by atoms with Gasteiger partial charge >= 0.3 is 6.18 Å². The summed E-state index contributed by atoms with van der Waals surface area (Å²) < 4.78 is 64.7. The number of hydrogen-bond donors (Lipinski definition) is 1. The minimum Gasteiger partial charge on any atom is -0.316 e. The van der Waals surface area contributed by atoms with E-state index in [2.05, 4.69) is 5.32 Å². The molecule has 0 saturated carbocycles. The fourth-order valence-electron chi connectivity index (χ4n) is 2.41. The minimum atomic E-state index is -4.62. The van der Waals surface area contributed by atoms with Crippen LogP contribution in [0.15, 0.2) is 23.1 Å². The molecule has 0 radical (unpaired) electrons. The molecule has 1 aromatic rings. The molecule has 0 unspecified atom stereocenters. The van der Waals surface area contributed by atoms with E-state index in [4.69, 9.17) is 11.6 Å². The Hall–Kier alpha value is -0.830. The first kappa shape index (κ1) is 17.5. The lowest BCUT2D eigenvalue weighted by Crippen LogP contribution is -2.46. The average molecular weight is 357 g/mol. The van der Waals surface area contributed by atoms with Crippen molar-refractivity contribution in [3.63, 3.8) is 0 Å². The van der Waals surface area contributed by atoms with E-state index in [1.54, 1.807) is 7.05 Å². The SMILES string of the molecule is CN[C@H]1CCCN(S(=O)(=O)c2cc(C(F)(F)F)ccc2Cl)C1. The highest BCUT2D eigenvalue weighted by Gasteiger charge is 2.35. The molecule has 0 bridgehead atoms. The first-order chi connectivity index (χ1) is 10.2. The summed E-state index contributed by atoms with van der Waals surface area (Å²) in [6.45, 7) is 0.485. The molecular weight excluding hydrogens is 341 g/mol. The van der Waals surface area contributed by atoms with Gasteiger partial charge in [-0.05, 0) is 38.1 Å². The lowest BCUT2D eigenvalue weighted by atomic mass is 10.1. The van der Waals surface area contributed by atoms with Gasteiger partial charge in [0.1, 0.15) is 4.90 Å². The van der Waals surface area contributed by atoms with Crippen LogP contribution in [0.3, 0.4) is 0 Å². The van der Waals surface area contributed by atoms with Gasteiger partial charge in [-0.25, -0.2) is 8.42 Å². The van der Waals surface area contributed by atoms with Crippen LogP contribution in [0, 0.1) is 0 Å². The van der Waals surface area contributed by atoms with Crippen molar-refractivity contribution in [2.45, 2.75) is 30.0 Å². The van der Waals surface area contributed by atoms with Gasteiger partial charge in [0.25, 0.3) is 0 Å². The van der Waals surface area contributed by atoms with Crippen LogP contribution in [0.4, 0.5) is 13.2 Å². The van der Waals surface area contributed by atoms with Gasteiger partial charge in [0.15, 0.2) is 0 Å². The number of alkyl halides is 3. The molecule has 1 saturated heterocycles. The molecule has 0 amide bonds. The van der Waals surface area contributed by atoms with E-state index in [0.717, 1.165) is 18.6 Å². The largest absolute Gasteiger partial charge is 0.416 e. The summed E-state index contributed by atoms with van der Waals surface area (Å²) in [7, 11) is -2.34. The van der Waals surface area contributed by atoms with Gasteiger partial charge in [-0.15, -0.1) is 0 Å². The fraction of sp³-hybridized carbons (Fsp3) is 0.538. The molecule has 22 heavy (non-hydrogen) atoms. The van der Waals surface area contributed by atoms with Gasteiger partial charge in [-0.2, -0.15) is 17.5 Å². The van der Waals surface area contributed by atoms with Crippen molar-refractivity contribution in [3.05, 3.63) is 28.8 Å². The summed E-state index contributed by atoms with van der Waals surface area (Å²) in [6.07, 6.45) is -3.16. The summed E-state index contributed by atoms with van der Waals surface area (Å²) in [6, 6.07) is 2.32. The number of piperidine rings is 1. The number of nitrogens with one attached hydrogen (secondary N) is 1. The zero-order valence-corrected chi connectivity index (χ0v) is 13.4. The van der Waals surface area contributed by atoms with Gasteiger partial charge < -0.3 is 5.32 Å². The third kappa shape index (κ3) is 3.56. The van der Waals surface area contributed by atoms with Crippen LogP contribution in [0.25, 0.3) is 0 Å². The maximum Gasteiger partial charge on any atom is 0.416 e. The third-order valence-electron chi connectivity index (χ3n) is 3.67. The molecule has 1 heterocycles. The molecular formula is C13H16ClF3N2O2S. The van der Waals surface area contributed by atoms with Crippen molar-refractivity contribution >= 4 is 21.6 Å². The van der Waals surface area contributed by atoms with E-state index in [1.165, 1.54) is 4.31 Å². The number of hydrogen-bond acceptors (Lipinski definition) is 3. The number of nitrogens with zero attached hydrogens (tertiary/aromatic N) is 1. The maximum absolute atomic E-state index is 12.8. The Morgan fingerprint density at radius 2 is 2.05 bits per heavy atom. The molecule has 1 aliphatic rings. The van der Waals surface area contributed by atoms with Crippen molar-refractivity contribution in [1.29, 1.82) is 0 Å². The molecule has 9 heteroatoms. The second kappa shape index (κ2) is 6.35. The second-order valence-corrected chi connectivity index (χ2v) is 7.45. The Labute approximate surface area is 132 Å². The summed E-state index contributed by atoms with van der Waals surface area (Å²) in [5.74, 6) is 0. The van der Waals surface area contributed by atoms with Crippen LogP contribution in [0.1, 0.15) is 18.4 Å². The molecule has 2 rings (SSSR count). The lowest BCUT2D eigenvalue weighted by Gasteiger charge is -2.32. The topological polar surface area (TPSA) is 49.4 Å². The highest BCUT2D eigenvalue weighted by Crippen LogP contribution is 2.34. The van der Waals surface area contributed by atoms with Gasteiger partial charge in [0.05, 0.1) is 10.6 Å². The quantitative estimate of drug-likeness (QED) is 0.906. The minimum absolute atomic E-state index is 0.0203. The van der Waals surface area contributed by atoms with Crippen LogP contribution < -0.4 is 5.32 Å². The molecule has 0 spiro atoms. The van der Waals surface area contributed by atoms with E-state index < -0.39 is 26.7 Å². The van der Waals surface area contributed by atoms with Crippen LogP contribution in [-0.2, 0) is 16.2 Å². The second-order valence-electron chi connectivity index (χ2n) is 5.13. The highest BCUT2D eigenvalue weighted by atomic mass is 35.5. The van der Waals surface area contributed by atoms with Gasteiger partial charge in [-0.3, -0.25) is 0 Å². The van der Waals surface area contributed by atoms with Gasteiger partial charge in [-0.1, -0.05) is 11.6 Å². The maximum atomic E-state index is 12.8. The van der Waals surface area contributed by atoms with E-state index in [9.17, 15) is 21.6 Å². The average Bonchev–Trinajstić information content (AvgIpc) is 2.46. The first-order valence-corrected chi connectivity index (χ1v) is 8.52. The van der Waals surface area contributed by atoms with Crippen LogP contribution in [0.5, 0.6) is 0 Å². The molecule has 1 aliphatic heterocycles. The van der Waals surface area contributed by atoms with Crippen LogP contribution in [-0.4, -0.2) is 38.9 Å². The van der Waals surface area contributed by atoms with Crippen LogP contribution in [0.2, 0.25) is 5.02 Å². The summed E-state index contributed by atoms with van der Waals surface area (Å²) in [5.41, 5.74) is -1.03. The predicted octanol–water partition coefficient (Wildman–Crippen LogP) is 2.73. The normalized spacial score (nSPS) is 21.0. The van der Waals surface area contributed by atoms with Crippen LogP contribution >= 0.6 is 11.6 Å². The Kier molecular flexibility index (Phi) is 5.06. The standard InChI is InChI=1S/C13H16ClF3N2O2S/c1-18-10-3-2-6-19(8-10)22(20,21)12-7-9(13(15,16)17)4-5-11(12)14/h4-5,7,10,18H,2-3,6,8H2,1H3/t10-/m0/s1. The van der Waals surface area contributed by atoms with Crippen molar-refractivity contribution in [2.75, 3.05) is 20.1 Å². The summed E-state index contributed by atoms with van der Waals surface area (Å²) in [4.78, 5) is -0.499. The van der Waals surface area contributed by atoms with Gasteiger partial charge in [0, 0.05) is 19.1 Å². The van der Waals surface area contributed by atoms with Crippen molar-refractivity contribution < 1.29 is 21.6 Å². The Balaban J connectivity index is 2.41. The molecule has 0 aromatic heterocycles. The van der Waals surface area contributed by atoms with E-state index in [-0.39, 0.29) is 24.2 Å². The zero-order valence-electron chi connectivity index (χ0n) is 11.8. The predicted molar refractivity (Wildman–Crippen MR) is 77.3 cm³/mol. The molecule has 1 atom stereocenters. The van der Waals surface area contributed by atoms with Gasteiger partial charge in [0.2, 0.25) is 10.0 Å². The van der Waals surface area contributed by atoms with Crippen molar-refractivity contribution in [1.82, 2.24) is 9.62 Å². The van der Waals surface area contributed by atoms with Crippen molar-refractivity contribution in [3.8, 4) is 0 Å². The number of halogens is 4. The molecule has 1 aromatic carbocycles. The summed E-state index contributed by atoms with van der Waals surface area (Å²) >= 11 is 5.83. The fourth-order valence-corrected chi connectivity index (χ4v) is 4.44. The highest BCUT2D eigenvalue weighted by molar-refractivity contribution is 7.89. The molecule has 124 valence electrons. The van der Waals surface area contributed by atoms with E-state index >= 15 is 0 Å². The molecule has 4 nitrogen and oxygen atoms in total. The first-order valence-electron chi connectivity index (χ1n) is 6.70. The molecule has 1 N–H and O–H groups in total. The van der Waals surface area contributed by atoms with E-state index in [0.29, 0.717) is 12.5 Å². The Morgan fingerprint density at radius 1 is 1.36 bits per heavy atom. The number of sulfonamides is 1. The number of rotatable bonds is 3. The Morgan fingerprint density at radius 3 is 2.64 bits per heavy atom. The monoisotopic (exact) mass is 356 g/mol. The Bertz CT molecular complexity index is 649.